The molecule has 0 aromatic heterocycles. The second kappa shape index (κ2) is 5.82. The molecule has 0 bridgehead atoms. The summed E-state index contributed by atoms with van der Waals surface area (Å²) >= 11 is 6.13. The Hall–Kier alpha value is -0.950. The molecule has 15 heavy (non-hydrogen) atoms. The highest BCUT2D eigenvalue weighted by molar-refractivity contribution is 6.31. The molecule has 0 unspecified atom stereocenters. The molecule has 0 heterocycles. The molecule has 1 aromatic rings. The van der Waals surface area contributed by atoms with Crippen LogP contribution in [0.5, 0.6) is 0 Å². The standard InChI is InChI=1S/C13H18ClN/c1-4-12-6-5-11(9-13(12)14)7-8-15-10(2)3/h5-6,9,15H,2,4,7-8H2,1,3H3. The molecule has 2 heteroatoms. The number of nitrogens with one attached hydrogen (secondary N) is 1. The third-order valence-electron chi connectivity index (χ3n) is 2.34. The molecule has 1 aromatic carbocycles. The van der Waals surface area contributed by atoms with Gasteiger partial charge in [0.25, 0.3) is 0 Å². The summed E-state index contributed by atoms with van der Waals surface area (Å²) < 4.78 is 0. The van der Waals surface area contributed by atoms with E-state index in [1.807, 2.05) is 6.92 Å². The van der Waals surface area contributed by atoms with E-state index >= 15 is 0 Å². The van der Waals surface area contributed by atoms with Crippen LogP contribution in [0.25, 0.3) is 0 Å². The van der Waals surface area contributed by atoms with Crippen molar-refractivity contribution in [2.75, 3.05) is 6.54 Å². The zero-order valence-electron chi connectivity index (χ0n) is 9.44. The molecule has 1 nitrogen and oxygen atoms in total. The van der Waals surface area contributed by atoms with E-state index in [9.17, 15) is 0 Å². The molecular weight excluding hydrogens is 206 g/mol. The van der Waals surface area contributed by atoms with Crippen LogP contribution in [-0.4, -0.2) is 6.54 Å². The van der Waals surface area contributed by atoms with Crippen LogP contribution in [0.15, 0.2) is 30.5 Å². The van der Waals surface area contributed by atoms with Crippen LogP contribution in [0.2, 0.25) is 5.02 Å². The summed E-state index contributed by atoms with van der Waals surface area (Å²) in [5, 5.41) is 4.08. The van der Waals surface area contributed by atoms with Crippen molar-refractivity contribution >= 4 is 11.6 Å². The lowest BCUT2D eigenvalue weighted by Crippen LogP contribution is -2.13. The number of allylic oxidation sites excluding steroid dienone is 1. The highest BCUT2D eigenvalue weighted by Gasteiger charge is 1.99. The molecule has 0 amide bonds. The second-order valence-corrected chi connectivity index (χ2v) is 4.14. The Balaban J connectivity index is 2.55. The first-order chi connectivity index (χ1) is 7.13. The van der Waals surface area contributed by atoms with Gasteiger partial charge in [0, 0.05) is 17.3 Å². The molecule has 0 saturated heterocycles. The monoisotopic (exact) mass is 223 g/mol. The van der Waals surface area contributed by atoms with Crippen molar-refractivity contribution in [3.63, 3.8) is 0 Å². The molecule has 0 spiro atoms. The van der Waals surface area contributed by atoms with Crippen molar-refractivity contribution in [3.05, 3.63) is 46.6 Å². The second-order valence-electron chi connectivity index (χ2n) is 3.74. The van der Waals surface area contributed by atoms with Crippen LogP contribution >= 0.6 is 11.6 Å². The van der Waals surface area contributed by atoms with E-state index in [0.717, 1.165) is 30.1 Å². The summed E-state index contributed by atoms with van der Waals surface area (Å²) in [6.45, 7) is 8.79. The zero-order chi connectivity index (χ0) is 11.3. The van der Waals surface area contributed by atoms with Crippen LogP contribution in [0.3, 0.4) is 0 Å². The Morgan fingerprint density at radius 1 is 1.47 bits per heavy atom. The zero-order valence-corrected chi connectivity index (χ0v) is 10.2. The average Bonchev–Trinajstić information content (AvgIpc) is 2.17. The molecule has 0 aliphatic heterocycles. The molecular formula is C13H18ClN. The first kappa shape index (κ1) is 12.1. The quantitative estimate of drug-likeness (QED) is 0.805. The minimum Gasteiger partial charge on any atom is -0.389 e. The van der Waals surface area contributed by atoms with E-state index in [0.29, 0.717) is 0 Å². The molecule has 0 atom stereocenters. The van der Waals surface area contributed by atoms with Crippen LogP contribution in [0.1, 0.15) is 25.0 Å². The molecule has 1 rings (SSSR count). The molecule has 0 aliphatic rings. The maximum absolute atomic E-state index is 6.13. The fourth-order valence-corrected chi connectivity index (χ4v) is 1.79. The van der Waals surface area contributed by atoms with E-state index < -0.39 is 0 Å². The fraction of sp³-hybridized carbons (Fsp3) is 0.385. The Morgan fingerprint density at radius 2 is 2.20 bits per heavy atom. The van der Waals surface area contributed by atoms with Gasteiger partial charge in [-0.1, -0.05) is 37.2 Å². The minimum atomic E-state index is 0.880. The Bertz CT molecular complexity index is 344. The normalized spacial score (nSPS) is 10.1. The van der Waals surface area contributed by atoms with Gasteiger partial charge < -0.3 is 5.32 Å². The number of aryl methyl sites for hydroxylation is 1. The van der Waals surface area contributed by atoms with Crippen molar-refractivity contribution in [2.24, 2.45) is 0 Å². The highest BCUT2D eigenvalue weighted by atomic mass is 35.5. The van der Waals surface area contributed by atoms with Gasteiger partial charge in [-0.25, -0.2) is 0 Å². The summed E-state index contributed by atoms with van der Waals surface area (Å²) in [5.74, 6) is 0. The summed E-state index contributed by atoms with van der Waals surface area (Å²) in [6, 6.07) is 6.31. The third kappa shape index (κ3) is 3.96. The van der Waals surface area contributed by atoms with Crippen LogP contribution < -0.4 is 5.32 Å². The Labute approximate surface area is 97.1 Å². The lowest BCUT2D eigenvalue weighted by Gasteiger charge is -2.07. The predicted molar refractivity (Wildman–Crippen MR) is 67.4 cm³/mol. The number of benzene rings is 1. The SMILES string of the molecule is C=C(C)NCCc1ccc(CC)c(Cl)c1. The van der Waals surface area contributed by atoms with Crippen LogP contribution in [0.4, 0.5) is 0 Å². The maximum Gasteiger partial charge on any atom is 0.0440 e. The first-order valence-electron chi connectivity index (χ1n) is 5.30. The van der Waals surface area contributed by atoms with Gasteiger partial charge in [0.2, 0.25) is 0 Å². The van der Waals surface area contributed by atoms with Crippen molar-refractivity contribution in [3.8, 4) is 0 Å². The van der Waals surface area contributed by atoms with Gasteiger partial charge in [0.05, 0.1) is 0 Å². The van der Waals surface area contributed by atoms with Crippen molar-refractivity contribution in [1.29, 1.82) is 0 Å². The number of halogens is 1. The van der Waals surface area contributed by atoms with Crippen LogP contribution in [-0.2, 0) is 12.8 Å². The number of hydrogen-bond acceptors (Lipinski definition) is 1. The van der Waals surface area contributed by atoms with E-state index in [2.05, 4.69) is 37.0 Å². The van der Waals surface area contributed by atoms with Crippen molar-refractivity contribution in [2.45, 2.75) is 26.7 Å². The molecule has 1 N–H and O–H groups in total. The Kier molecular flexibility index (Phi) is 4.70. The summed E-state index contributed by atoms with van der Waals surface area (Å²) in [6.07, 6.45) is 1.97. The van der Waals surface area contributed by atoms with Crippen molar-refractivity contribution in [1.82, 2.24) is 5.32 Å². The first-order valence-corrected chi connectivity index (χ1v) is 5.68. The van der Waals surface area contributed by atoms with E-state index in [4.69, 9.17) is 11.6 Å². The van der Waals surface area contributed by atoms with Gasteiger partial charge >= 0.3 is 0 Å². The summed E-state index contributed by atoms with van der Waals surface area (Å²) in [7, 11) is 0. The summed E-state index contributed by atoms with van der Waals surface area (Å²) in [4.78, 5) is 0. The van der Waals surface area contributed by atoms with Gasteiger partial charge in [-0.3, -0.25) is 0 Å². The average molecular weight is 224 g/mol. The van der Waals surface area contributed by atoms with E-state index in [1.165, 1.54) is 11.1 Å². The van der Waals surface area contributed by atoms with Gasteiger partial charge in [-0.05, 0) is 37.0 Å². The van der Waals surface area contributed by atoms with E-state index in [-0.39, 0.29) is 0 Å². The summed E-state index contributed by atoms with van der Waals surface area (Å²) in [5.41, 5.74) is 3.49. The van der Waals surface area contributed by atoms with Crippen LogP contribution in [0, 0.1) is 0 Å². The molecule has 82 valence electrons. The lowest BCUT2D eigenvalue weighted by atomic mass is 10.1. The largest absolute Gasteiger partial charge is 0.389 e. The topological polar surface area (TPSA) is 12.0 Å². The number of rotatable bonds is 5. The highest BCUT2D eigenvalue weighted by Crippen LogP contribution is 2.18. The fourth-order valence-electron chi connectivity index (χ4n) is 1.45. The van der Waals surface area contributed by atoms with Gasteiger partial charge in [-0.2, -0.15) is 0 Å². The maximum atomic E-state index is 6.13. The minimum absolute atomic E-state index is 0.880. The molecule has 0 radical (unpaired) electrons. The van der Waals surface area contributed by atoms with Gasteiger partial charge in [0.15, 0.2) is 0 Å². The molecule has 0 fully saturated rings. The lowest BCUT2D eigenvalue weighted by molar-refractivity contribution is 0.791. The molecule has 0 aliphatic carbocycles. The van der Waals surface area contributed by atoms with Crippen molar-refractivity contribution < 1.29 is 0 Å². The van der Waals surface area contributed by atoms with E-state index in [1.54, 1.807) is 0 Å². The predicted octanol–water partition coefficient (Wildman–Crippen LogP) is 3.57. The van der Waals surface area contributed by atoms with Gasteiger partial charge in [0.1, 0.15) is 0 Å². The molecule has 0 saturated carbocycles. The third-order valence-corrected chi connectivity index (χ3v) is 2.69. The number of hydrogen-bond donors (Lipinski definition) is 1. The Morgan fingerprint density at radius 3 is 2.73 bits per heavy atom. The van der Waals surface area contributed by atoms with Gasteiger partial charge in [-0.15, -0.1) is 0 Å². The smallest absolute Gasteiger partial charge is 0.0440 e.